The van der Waals surface area contributed by atoms with Gasteiger partial charge < -0.3 is 5.73 Å². The lowest BCUT2D eigenvalue weighted by molar-refractivity contribution is 0.188. The Bertz CT molecular complexity index is 348. The van der Waals surface area contributed by atoms with Gasteiger partial charge in [-0.15, -0.1) is 0 Å². The zero-order chi connectivity index (χ0) is 11.5. The van der Waals surface area contributed by atoms with Gasteiger partial charge in [-0.1, -0.05) is 19.1 Å². The van der Waals surface area contributed by atoms with E-state index in [0.29, 0.717) is 12.1 Å². The van der Waals surface area contributed by atoms with Crippen LogP contribution in [-0.4, -0.2) is 17.5 Å². The van der Waals surface area contributed by atoms with Crippen molar-refractivity contribution in [2.75, 3.05) is 12.3 Å². The molecule has 0 spiro atoms. The van der Waals surface area contributed by atoms with Crippen molar-refractivity contribution in [3.63, 3.8) is 0 Å². The second-order valence-electron chi connectivity index (χ2n) is 4.82. The fourth-order valence-corrected chi connectivity index (χ4v) is 2.68. The number of hydrogen-bond donors (Lipinski definition) is 1. The largest absolute Gasteiger partial charge is 0.399 e. The number of nitrogen functional groups attached to an aromatic ring is 1. The molecule has 2 unspecified atom stereocenters. The third-order valence-electron chi connectivity index (χ3n) is 3.75. The summed E-state index contributed by atoms with van der Waals surface area (Å²) < 4.78 is 0. The summed E-state index contributed by atoms with van der Waals surface area (Å²) in [5, 5.41) is 0. The molecular weight excluding hydrogens is 196 g/mol. The molecule has 0 radical (unpaired) electrons. The molecule has 1 heterocycles. The van der Waals surface area contributed by atoms with E-state index in [2.05, 4.69) is 36.9 Å². The number of anilines is 1. The number of hydrogen-bond acceptors (Lipinski definition) is 2. The molecule has 2 atom stereocenters. The lowest BCUT2D eigenvalue weighted by Gasteiger charge is -2.30. The quantitative estimate of drug-likeness (QED) is 0.789. The Morgan fingerprint density at radius 1 is 1.50 bits per heavy atom. The highest BCUT2D eigenvalue weighted by atomic mass is 15.2. The van der Waals surface area contributed by atoms with Crippen LogP contribution in [0.25, 0.3) is 0 Å². The molecule has 2 heteroatoms. The first-order valence-electron chi connectivity index (χ1n) is 6.33. The van der Waals surface area contributed by atoms with Crippen molar-refractivity contribution in [3.8, 4) is 0 Å². The van der Waals surface area contributed by atoms with Crippen molar-refractivity contribution in [1.29, 1.82) is 0 Å². The Balaban J connectivity index is 2.19. The minimum absolute atomic E-state index is 0.582. The summed E-state index contributed by atoms with van der Waals surface area (Å²) in [5.41, 5.74) is 8.13. The molecule has 1 aromatic carbocycles. The van der Waals surface area contributed by atoms with Crippen molar-refractivity contribution in [2.24, 2.45) is 0 Å². The lowest BCUT2D eigenvalue weighted by Crippen LogP contribution is -2.32. The van der Waals surface area contributed by atoms with E-state index in [9.17, 15) is 0 Å². The van der Waals surface area contributed by atoms with Crippen LogP contribution in [0.2, 0.25) is 0 Å². The Labute approximate surface area is 98.4 Å². The summed E-state index contributed by atoms with van der Waals surface area (Å²) in [7, 11) is 0. The molecule has 1 aliphatic heterocycles. The summed E-state index contributed by atoms with van der Waals surface area (Å²) in [4.78, 5) is 2.62. The number of nitrogens with zero attached hydrogens (tertiary/aromatic N) is 1. The van der Waals surface area contributed by atoms with Crippen LogP contribution < -0.4 is 5.73 Å². The molecule has 1 aromatic rings. The summed E-state index contributed by atoms with van der Waals surface area (Å²) in [5.74, 6) is 0. The maximum atomic E-state index is 5.86. The molecule has 0 amide bonds. The first-order chi connectivity index (χ1) is 7.72. The highest BCUT2D eigenvalue weighted by Crippen LogP contribution is 2.34. The number of rotatable bonds is 3. The van der Waals surface area contributed by atoms with Crippen LogP contribution in [0, 0.1) is 0 Å². The monoisotopic (exact) mass is 218 g/mol. The fraction of sp³-hybridized carbons (Fsp3) is 0.571. The van der Waals surface area contributed by atoms with Crippen molar-refractivity contribution in [2.45, 2.75) is 45.2 Å². The van der Waals surface area contributed by atoms with Gasteiger partial charge in [-0.05, 0) is 50.4 Å². The average Bonchev–Trinajstić information content (AvgIpc) is 2.77. The minimum atomic E-state index is 0.582. The summed E-state index contributed by atoms with van der Waals surface area (Å²) in [6.07, 6.45) is 3.80. The van der Waals surface area contributed by atoms with Crippen LogP contribution in [0.4, 0.5) is 5.69 Å². The van der Waals surface area contributed by atoms with Gasteiger partial charge in [-0.2, -0.15) is 0 Å². The molecular formula is C14H22N2. The molecule has 0 aliphatic carbocycles. The highest BCUT2D eigenvalue weighted by molar-refractivity contribution is 5.41. The van der Waals surface area contributed by atoms with E-state index in [1.165, 1.54) is 31.4 Å². The van der Waals surface area contributed by atoms with E-state index >= 15 is 0 Å². The van der Waals surface area contributed by atoms with E-state index in [4.69, 9.17) is 5.73 Å². The van der Waals surface area contributed by atoms with Gasteiger partial charge in [0.05, 0.1) is 0 Å². The zero-order valence-corrected chi connectivity index (χ0v) is 10.3. The molecule has 0 bridgehead atoms. The second kappa shape index (κ2) is 4.88. The van der Waals surface area contributed by atoms with Crippen LogP contribution in [0.5, 0.6) is 0 Å². The summed E-state index contributed by atoms with van der Waals surface area (Å²) in [6, 6.07) is 9.63. The zero-order valence-electron chi connectivity index (χ0n) is 10.3. The molecule has 1 aliphatic rings. The maximum absolute atomic E-state index is 5.86. The van der Waals surface area contributed by atoms with Gasteiger partial charge in [-0.3, -0.25) is 4.90 Å². The SMILES string of the molecule is CCC(C)N1CCCC1c1cccc(N)c1. The Morgan fingerprint density at radius 3 is 3.00 bits per heavy atom. The van der Waals surface area contributed by atoms with E-state index in [0.717, 1.165) is 5.69 Å². The number of benzene rings is 1. The van der Waals surface area contributed by atoms with Crippen molar-refractivity contribution in [1.82, 2.24) is 4.90 Å². The predicted octanol–water partition coefficient (Wildman–Crippen LogP) is 3.20. The molecule has 16 heavy (non-hydrogen) atoms. The summed E-state index contributed by atoms with van der Waals surface area (Å²) in [6.45, 7) is 5.82. The van der Waals surface area contributed by atoms with Gasteiger partial charge in [-0.25, -0.2) is 0 Å². The topological polar surface area (TPSA) is 29.3 Å². The van der Waals surface area contributed by atoms with Gasteiger partial charge in [0.2, 0.25) is 0 Å². The highest BCUT2D eigenvalue weighted by Gasteiger charge is 2.28. The van der Waals surface area contributed by atoms with Gasteiger partial charge in [0.1, 0.15) is 0 Å². The van der Waals surface area contributed by atoms with Crippen LogP contribution >= 0.6 is 0 Å². The molecule has 1 fully saturated rings. The van der Waals surface area contributed by atoms with Gasteiger partial charge >= 0.3 is 0 Å². The molecule has 2 N–H and O–H groups in total. The average molecular weight is 218 g/mol. The minimum Gasteiger partial charge on any atom is -0.399 e. The lowest BCUT2D eigenvalue weighted by atomic mass is 10.0. The van der Waals surface area contributed by atoms with Gasteiger partial charge in [0, 0.05) is 17.8 Å². The fourth-order valence-electron chi connectivity index (χ4n) is 2.68. The smallest absolute Gasteiger partial charge is 0.0352 e. The molecule has 2 nitrogen and oxygen atoms in total. The predicted molar refractivity (Wildman–Crippen MR) is 69.3 cm³/mol. The van der Waals surface area contributed by atoms with Crippen molar-refractivity contribution >= 4 is 5.69 Å². The molecule has 0 aromatic heterocycles. The van der Waals surface area contributed by atoms with E-state index < -0.39 is 0 Å². The number of nitrogens with two attached hydrogens (primary N) is 1. The Morgan fingerprint density at radius 2 is 2.31 bits per heavy atom. The van der Waals surface area contributed by atoms with Crippen molar-refractivity contribution in [3.05, 3.63) is 29.8 Å². The second-order valence-corrected chi connectivity index (χ2v) is 4.82. The third kappa shape index (κ3) is 2.22. The molecule has 1 saturated heterocycles. The van der Waals surface area contributed by atoms with Crippen LogP contribution in [0.1, 0.15) is 44.7 Å². The van der Waals surface area contributed by atoms with Crippen molar-refractivity contribution < 1.29 is 0 Å². The third-order valence-corrected chi connectivity index (χ3v) is 3.75. The molecule has 2 rings (SSSR count). The van der Waals surface area contributed by atoms with Gasteiger partial charge in [0.25, 0.3) is 0 Å². The summed E-state index contributed by atoms with van der Waals surface area (Å²) >= 11 is 0. The normalized spacial score (nSPS) is 23.5. The standard InChI is InChI=1S/C14H22N2/c1-3-11(2)16-9-5-8-14(16)12-6-4-7-13(15)10-12/h4,6-7,10-11,14H,3,5,8-9,15H2,1-2H3. The Kier molecular flexibility index (Phi) is 3.49. The van der Waals surface area contributed by atoms with E-state index in [-0.39, 0.29) is 0 Å². The number of likely N-dealkylation sites (tertiary alicyclic amines) is 1. The first-order valence-corrected chi connectivity index (χ1v) is 6.33. The van der Waals surface area contributed by atoms with E-state index in [1.54, 1.807) is 0 Å². The van der Waals surface area contributed by atoms with Gasteiger partial charge in [0.15, 0.2) is 0 Å². The van der Waals surface area contributed by atoms with Crippen LogP contribution in [0.15, 0.2) is 24.3 Å². The Hall–Kier alpha value is -1.02. The first kappa shape index (κ1) is 11.5. The van der Waals surface area contributed by atoms with E-state index in [1.807, 2.05) is 6.07 Å². The van der Waals surface area contributed by atoms with Crippen LogP contribution in [0.3, 0.4) is 0 Å². The van der Waals surface area contributed by atoms with Crippen LogP contribution in [-0.2, 0) is 0 Å². The molecule has 88 valence electrons. The maximum Gasteiger partial charge on any atom is 0.0352 e. The molecule has 0 saturated carbocycles.